The molecule has 0 unspecified atom stereocenters. The van der Waals surface area contributed by atoms with E-state index in [1.54, 1.807) is 0 Å². The van der Waals surface area contributed by atoms with E-state index in [4.69, 9.17) is 0 Å². The second-order valence-corrected chi connectivity index (χ2v) is 1.89. The average molecular weight is 157 g/mol. The third-order valence-electron chi connectivity index (χ3n) is 1.12. The molecule has 0 radical (unpaired) electrons. The maximum absolute atomic E-state index is 9.96. The molecule has 0 saturated carbocycles. The lowest BCUT2D eigenvalue weighted by molar-refractivity contribution is 0.997. The Morgan fingerprint density at radius 1 is 1.09 bits per heavy atom. The third kappa shape index (κ3) is 3.29. The molecule has 0 aromatic heterocycles. The lowest BCUT2D eigenvalue weighted by Crippen LogP contribution is -1.92. The molecule has 0 rings (SSSR count). The van der Waals surface area contributed by atoms with Crippen molar-refractivity contribution in [2.75, 3.05) is 13.1 Å². The molecule has 0 saturated heterocycles. The lowest BCUT2D eigenvalue weighted by atomic mass is 10.2. The Morgan fingerprint density at radius 2 is 1.64 bits per heavy atom. The van der Waals surface area contributed by atoms with Gasteiger partial charge >= 0.3 is 0 Å². The van der Waals surface area contributed by atoms with E-state index < -0.39 is 0 Å². The molecule has 0 heterocycles. The molecule has 0 aliphatic heterocycles. The van der Waals surface area contributed by atoms with Crippen molar-refractivity contribution in [3.8, 4) is 0 Å². The Hall–Kier alpha value is -1.46. The zero-order chi connectivity index (χ0) is 8.69. The van der Waals surface area contributed by atoms with E-state index in [1.807, 2.05) is 0 Å². The molecule has 6 nitrogen and oxygen atoms in total. The van der Waals surface area contributed by atoms with E-state index in [-0.39, 0.29) is 18.8 Å². The van der Waals surface area contributed by atoms with Crippen molar-refractivity contribution in [1.82, 2.24) is 0 Å². The van der Waals surface area contributed by atoms with Crippen LogP contribution in [0.1, 0.15) is 6.92 Å². The highest BCUT2D eigenvalue weighted by Crippen LogP contribution is 2.05. The van der Waals surface area contributed by atoms with Gasteiger partial charge in [0.15, 0.2) is 0 Å². The van der Waals surface area contributed by atoms with Crippen LogP contribution in [-0.4, -0.2) is 13.1 Å². The van der Waals surface area contributed by atoms with Gasteiger partial charge < -0.3 is 0 Å². The minimum absolute atomic E-state index is 0.0143. The Labute approximate surface area is 62.6 Å². The molecule has 11 heavy (non-hydrogen) atoms. The first kappa shape index (κ1) is 9.54. The minimum Gasteiger partial charge on any atom is -0.150 e. The largest absolute Gasteiger partial charge is 0.150 e. The number of nitrogens with zero attached hydrogens (tertiary/aromatic N) is 3. The lowest BCUT2D eigenvalue weighted by Gasteiger charge is -1.94. The van der Waals surface area contributed by atoms with E-state index >= 15 is 0 Å². The Bertz CT molecular complexity index is 199. The molecule has 0 aromatic carbocycles. The van der Waals surface area contributed by atoms with Crippen LogP contribution in [0.2, 0.25) is 0 Å². The van der Waals surface area contributed by atoms with E-state index in [1.165, 1.54) is 6.92 Å². The highest BCUT2D eigenvalue weighted by Gasteiger charge is 2.02. The van der Waals surface area contributed by atoms with Gasteiger partial charge in [-0.15, -0.1) is 4.91 Å². The molecule has 0 atom stereocenters. The summed E-state index contributed by atoms with van der Waals surface area (Å²) < 4.78 is 0. The first-order valence-electron chi connectivity index (χ1n) is 2.86. The van der Waals surface area contributed by atoms with Crippen molar-refractivity contribution >= 4 is 0 Å². The molecular formula is C5H7N3O3. The fourth-order valence-corrected chi connectivity index (χ4v) is 0.491. The average Bonchev–Trinajstić information content (AvgIpc) is 2.00. The van der Waals surface area contributed by atoms with Crippen LogP contribution in [0.15, 0.2) is 26.8 Å². The van der Waals surface area contributed by atoms with Gasteiger partial charge in [-0.25, -0.2) is 0 Å². The fourth-order valence-electron chi connectivity index (χ4n) is 0.491. The van der Waals surface area contributed by atoms with Gasteiger partial charge in [0.05, 0.1) is 0 Å². The first-order valence-corrected chi connectivity index (χ1v) is 2.86. The molecule has 0 amide bonds. The third-order valence-corrected chi connectivity index (χ3v) is 1.12. The first-order chi connectivity index (χ1) is 5.26. The van der Waals surface area contributed by atoms with Crippen LogP contribution in [0.5, 0.6) is 0 Å². The van der Waals surface area contributed by atoms with Crippen LogP contribution in [0.3, 0.4) is 0 Å². The van der Waals surface area contributed by atoms with Crippen LogP contribution in [-0.2, 0) is 0 Å². The summed E-state index contributed by atoms with van der Waals surface area (Å²) in [5.41, 5.74) is 0.370. The maximum Gasteiger partial charge on any atom is 0.127 e. The van der Waals surface area contributed by atoms with Crippen molar-refractivity contribution in [2.45, 2.75) is 6.92 Å². The van der Waals surface area contributed by atoms with E-state index in [2.05, 4.69) is 15.5 Å². The Balaban J connectivity index is 4.36. The second kappa shape index (κ2) is 5.33. The van der Waals surface area contributed by atoms with Crippen molar-refractivity contribution in [2.24, 2.45) is 15.5 Å². The summed E-state index contributed by atoms with van der Waals surface area (Å²) in [6.07, 6.45) is 0. The smallest absolute Gasteiger partial charge is 0.127 e. The molecule has 0 aliphatic carbocycles. The number of hydrogen-bond donors (Lipinski definition) is 0. The Kier molecular flexibility index (Phi) is 4.63. The van der Waals surface area contributed by atoms with Gasteiger partial charge in [0.1, 0.15) is 18.8 Å². The summed E-state index contributed by atoms with van der Waals surface area (Å²) in [4.78, 5) is 29.4. The van der Waals surface area contributed by atoms with Crippen molar-refractivity contribution in [3.05, 3.63) is 26.0 Å². The van der Waals surface area contributed by atoms with E-state index in [0.29, 0.717) is 5.57 Å². The van der Waals surface area contributed by atoms with Gasteiger partial charge in [0.25, 0.3) is 0 Å². The number of rotatable bonds is 5. The van der Waals surface area contributed by atoms with E-state index in [9.17, 15) is 14.7 Å². The van der Waals surface area contributed by atoms with Gasteiger partial charge in [-0.1, -0.05) is 10.4 Å². The molecule has 0 fully saturated rings. The summed E-state index contributed by atoms with van der Waals surface area (Å²) in [7, 11) is 0. The number of nitroso groups, excluding NO2 is 3. The molecule has 0 spiro atoms. The van der Waals surface area contributed by atoms with Crippen molar-refractivity contribution in [1.29, 1.82) is 0 Å². The topological polar surface area (TPSA) is 88.3 Å². The highest BCUT2D eigenvalue weighted by molar-refractivity contribution is 5.13. The summed E-state index contributed by atoms with van der Waals surface area (Å²) in [5.74, 6) is 0. The predicted molar refractivity (Wildman–Crippen MR) is 39.8 cm³/mol. The van der Waals surface area contributed by atoms with Crippen LogP contribution in [0.25, 0.3) is 0 Å². The molecule has 60 valence electrons. The summed E-state index contributed by atoms with van der Waals surface area (Å²) in [6, 6.07) is 0. The quantitative estimate of drug-likeness (QED) is 0.567. The van der Waals surface area contributed by atoms with E-state index in [0.717, 1.165) is 0 Å². The highest BCUT2D eigenvalue weighted by atomic mass is 16.3. The molecule has 6 heteroatoms. The summed E-state index contributed by atoms with van der Waals surface area (Å²) >= 11 is 0. The van der Waals surface area contributed by atoms with Gasteiger partial charge in [-0.05, 0) is 17.7 Å². The minimum atomic E-state index is -0.301. The number of hydrogen-bond acceptors (Lipinski definition) is 6. The van der Waals surface area contributed by atoms with Gasteiger partial charge in [-0.2, -0.15) is 9.81 Å². The molecule has 0 aromatic rings. The van der Waals surface area contributed by atoms with Gasteiger partial charge in [-0.3, -0.25) is 0 Å². The molecule has 0 N–H and O–H groups in total. The van der Waals surface area contributed by atoms with Gasteiger partial charge in [0, 0.05) is 0 Å². The normalized spacial score (nSPS) is 11.7. The second-order valence-electron chi connectivity index (χ2n) is 1.89. The van der Waals surface area contributed by atoms with Crippen molar-refractivity contribution < 1.29 is 0 Å². The van der Waals surface area contributed by atoms with Crippen LogP contribution in [0.4, 0.5) is 0 Å². The van der Waals surface area contributed by atoms with Crippen LogP contribution < -0.4 is 0 Å². The maximum atomic E-state index is 9.96. The fraction of sp³-hybridized carbons (Fsp3) is 0.600. The molecular weight excluding hydrogens is 150 g/mol. The molecule has 0 aliphatic rings. The summed E-state index contributed by atoms with van der Waals surface area (Å²) in [5, 5.41) is 7.53. The zero-order valence-electron chi connectivity index (χ0n) is 5.98. The van der Waals surface area contributed by atoms with Crippen molar-refractivity contribution in [3.63, 3.8) is 0 Å². The van der Waals surface area contributed by atoms with Crippen LogP contribution in [0, 0.1) is 14.7 Å². The summed E-state index contributed by atoms with van der Waals surface area (Å²) in [6.45, 7) is 1.07. The SMILES string of the molecule is C/C(CN=O)=C(/CN=O)N=O. The zero-order valence-corrected chi connectivity index (χ0v) is 5.98. The standard InChI is InChI=1S/C5H7N3O3/c1-4(2-6-9)5(8-11)3-7-10/h2-3H2,1H3/b5-4+. The van der Waals surface area contributed by atoms with Crippen LogP contribution >= 0.6 is 0 Å². The van der Waals surface area contributed by atoms with Gasteiger partial charge in [0.2, 0.25) is 0 Å². The predicted octanol–water partition coefficient (Wildman–Crippen LogP) is 1.56. The molecule has 0 bridgehead atoms. The monoisotopic (exact) mass is 157 g/mol. The Morgan fingerprint density at radius 3 is 2.00 bits per heavy atom.